The molecule has 0 saturated heterocycles. The number of ether oxygens (including phenoxy) is 1. The van der Waals surface area contributed by atoms with E-state index in [-0.39, 0.29) is 5.57 Å². The van der Waals surface area contributed by atoms with E-state index in [2.05, 4.69) is 4.74 Å². The second-order valence-corrected chi connectivity index (χ2v) is 3.61. The maximum Gasteiger partial charge on any atom is 0.348 e. The van der Waals surface area contributed by atoms with Gasteiger partial charge in [-0.25, -0.2) is 4.79 Å². The van der Waals surface area contributed by atoms with Crippen molar-refractivity contribution in [2.45, 2.75) is 12.8 Å². The number of esters is 1. The first kappa shape index (κ1) is 10.4. The Kier molecular flexibility index (Phi) is 2.74. The minimum Gasteiger partial charge on any atom is -0.465 e. The molecular weight excluding hydrogens is 202 g/mol. The van der Waals surface area contributed by atoms with Gasteiger partial charge in [0.25, 0.3) is 0 Å². The van der Waals surface area contributed by atoms with Crippen molar-refractivity contribution in [2.24, 2.45) is 0 Å². The smallest absolute Gasteiger partial charge is 0.348 e. The fourth-order valence-corrected chi connectivity index (χ4v) is 2.03. The Balaban J connectivity index is 2.55. The first-order chi connectivity index (χ1) is 7.77. The Labute approximate surface area is 94.0 Å². The highest BCUT2D eigenvalue weighted by atomic mass is 16.5. The van der Waals surface area contributed by atoms with Gasteiger partial charge in [-0.1, -0.05) is 24.3 Å². The molecule has 80 valence electrons. The molecule has 1 aliphatic rings. The molecule has 1 aliphatic carbocycles. The number of aryl methyl sites for hydroxylation is 1. The molecule has 1 aromatic rings. The van der Waals surface area contributed by atoms with Crippen LogP contribution in [0.5, 0.6) is 0 Å². The monoisotopic (exact) mass is 213 g/mol. The zero-order valence-corrected chi connectivity index (χ0v) is 8.99. The van der Waals surface area contributed by atoms with Crippen LogP contribution >= 0.6 is 0 Å². The lowest BCUT2D eigenvalue weighted by Gasteiger charge is -2.03. The van der Waals surface area contributed by atoms with E-state index in [9.17, 15) is 4.79 Å². The van der Waals surface area contributed by atoms with E-state index in [4.69, 9.17) is 5.26 Å². The van der Waals surface area contributed by atoms with Gasteiger partial charge in [-0.2, -0.15) is 5.26 Å². The van der Waals surface area contributed by atoms with Crippen molar-refractivity contribution in [3.05, 3.63) is 41.0 Å². The number of nitriles is 1. The van der Waals surface area contributed by atoms with E-state index in [0.717, 1.165) is 24.0 Å². The van der Waals surface area contributed by atoms with E-state index in [1.165, 1.54) is 12.7 Å². The van der Waals surface area contributed by atoms with Gasteiger partial charge in [0.2, 0.25) is 0 Å². The number of fused-ring (bicyclic) bond motifs is 1. The van der Waals surface area contributed by atoms with Crippen LogP contribution in [0.15, 0.2) is 29.8 Å². The largest absolute Gasteiger partial charge is 0.465 e. The maximum absolute atomic E-state index is 11.4. The predicted octanol–water partition coefficient (Wildman–Crippen LogP) is 2.08. The van der Waals surface area contributed by atoms with Crippen molar-refractivity contribution in [3.63, 3.8) is 0 Å². The lowest BCUT2D eigenvalue weighted by molar-refractivity contribution is -0.135. The third-order valence-corrected chi connectivity index (χ3v) is 2.79. The maximum atomic E-state index is 11.4. The van der Waals surface area contributed by atoms with Gasteiger partial charge in [0.15, 0.2) is 0 Å². The lowest BCUT2D eigenvalue weighted by Crippen LogP contribution is -2.05. The van der Waals surface area contributed by atoms with Crippen LogP contribution in [0.2, 0.25) is 0 Å². The second-order valence-electron chi connectivity index (χ2n) is 3.61. The minimum atomic E-state index is -0.547. The Morgan fingerprint density at radius 3 is 2.81 bits per heavy atom. The quantitative estimate of drug-likeness (QED) is 0.407. The van der Waals surface area contributed by atoms with Gasteiger partial charge >= 0.3 is 5.97 Å². The molecule has 0 bridgehead atoms. The molecule has 0 saturated carbocycles. The first-order valence-electron chi connectivity index (χ1n) is 5.07. The van der Waals surface area contributed by atoms with Crippen LogP contribution < -0.4 is 0 Å². The molecule has 3 nitrogen and oxygen atoms in total. The molecule has 0 unspecified atom stereocenters. The lowest BCUT2D eigenvalue weighted by atomic mass is 10.0. The van der Waals surface area contributed by atoms with Gasteiger partial charge in [0, 0.05) is 0 Å². The standard InChI is InChI=1S/C13H11NO2/c1-16-13(15)12(8-14)11-7-6-9-4-2-3-5-10(9)11/h2-5H,6-7H2,1H3/b12-11-. The number of benzene rings is 1. The van der Waals surface area contributed by atoms with E-state index < -0.39 is 5.97 Å². The molecule has 2 rings (SSSR count). The predicted molar refractivity (Wildman–Crippen MR) is 59.3 cm³/mol. The molecule has 0 radical (unpaired) electrons. The molecule has 1 aromatic carbocycles. The van der Waals surface area contributed by atoms with Crippen molar-refractivity contribution in [2.75, 3.05) is 7.11 Å². The molecule has 3 heteroatoms. The Bertz CT molecular complexity index is 509. The first-order valence-corrected chi connectivity index (χ1v) is 5.07. The highest BCUT2D eigenvalue weighted by Gasteiger charge is 2.23. The summed E-state index contributed by atoms with van der Waals surface area (Å²) in [6, 6.07) is 9.78. The minimum absolute atomic E-state index is 0.132. The molecule has 0 aliphatic heterocycles. The van der Waals surface area contributed by atoms with Gasteiger partial charge in [-0.3, -0.25) is 0 Å². The van der Waals surface area contributed by atoms with Crippen molar-refractivity contribution < 1.29 is 9.53 Å². The van der Waals surface area contributed by atoms with Gasteiger partial charge < -0.3 is 4.74 Å². The number of hydrogen-bond donors (Lipinski definition) is 0. The number of rotatable bonds is 1. The molecule has 0 aromatic heterocycles. The summed E-state index contributed by atoms with van der Waals surface area (Å²) in [7, 11) is 1.29. The fraction of sp³-hybridized carbons (Fsp3) is 0.231. The Morgan fingerprint density at radius 2 is 2.12 bits per heavy atom. The number of methoxy groups -OCH3 is 1. The molecule has 0 heterocycles. The highest BCUT2D eigenvalue weighted by molar-refractivity contribution is 6.02. The summed E-state index contributed by atoms with van der Waals surface area (Å²) in [6.45, 7) is 0. The number of nitrogens with zero attached hydrogens (tertiary/aromatic N) is 1. The average Bonchev–Trinajstić information content (AvgIpc) is 2.74. The van der Waals surface area contributed by atoms with Crippen molar-refractivity contribution in [3.8, 4) is 6.07 Å². The van der Waals surface area contributed by atoms with Gasteiger partial charge in [0.05, 0.1) is 7.11 Å². The van der Waals surface area contributed by atoms with Crippen LogP contribution in [0.25, 0.3) is 5.57 Å². The number of hydrogen-bond acceptors (Lipinski definition) is 3. The zero-order chi connectivity index (χ0) is 11.5. The summed E-state index contributed by atoms with van der Waals surface area (Å²) in [4.78, 5) is 11.4. The normalized spacial score (nSPS) is 16.2. The van der Waals surface area contributed by atoms with Crippen LogP contribution in [-0.4, -0.2) is 13.1 Å². The van der Waals surface area contributed by atoms with Crippen molar-refractivity contribution in [1.29, 1.82) is 5.26 Å². The average molecular weight is 213 g/mol. The Hall–Kier alpha value is -2.08. The zero-order valence-electron chi connectivity index (χ0n) is 8.99. The summed E-state index contributed by atoms with van der Waals surface area (Å²) in [6.07, 6.45) is 1.62. The van der Waals surface area contributed by atoms with E-state index >= 15 is 0 Å². The highest BCUT2D eigenvalue weighted by Crippen LogP contribution is 2.34. The molecule has 0 N–H and O–H groups in total. The summed E-state index contributed by atoms with van der Waals surface area (Å²) >= 11 is 0. The molecule has 0 spiro atoms. The molecule has 16 heavy (non-hydrogen) atoms. The molecular formula is C13H11NO2. The SMILES string of the molecule is COC(=O)/C(C#N)=C1/CCc2ccccc21. The molecule has 0 amide bonds. The van der Waals surface area contributed by atoms with Crippen LogP contribution in [0.1, 0.15) is 17.5 Å². The third-order valence-electron chi connectivity index (χ3n) is 2.79. The second kappa shape index (κ2) is 4.19. The van der Waals surface area contributed by atoms with Gasteiger partial charge in [0.1, 0.15) is 11.6 Å². The molecule has 0 atom stereocenters. The van der Waals surface area contributed by atoms with E-state index in [1.807, 2.05) is 30.3 Å². The van der Waals surface area contributed by atoms with Crippen LogP contribution in [0.4, 0.5) is 0 Å². The van der Waals surface area contributed by atoms with Crippen LogP contribution in [0.3, 0.4) is 0 Å². The van der Waals surface area contributed by atoms with E-state index in [0.29, 0.717) is 0 Å². The van der Waals surface area contributed by atoms with Crippen LogP contribution in [-0.2, 0) is 16.0 Å². The van der Waals surface area contributed by atoms with Crippen molar-refractivity contribution >= 4 is 11.5 Å². The van der Waals surface area contributed by atoms with E-state index in [1.54, 1.807) is 0 Å². The third kappa shape index (κ3) is 1.59. The summed E-state index contributed by atoms with van der Waals surface area (Å²) in [5.41, 5.74) is 3.14. The van der Waals surface area contributed by atoms with Crippen LogP contribution in [0, 0.1) is 11.3 Å². The topological polar surface area (TPSA) is 50.1 Å². The summed E-state index contributed by atoms with van der Waals surface area (Å²) in [5, 5.41) is 9.00. The number of carbonyl (C=O) groups excluding carboxylic acids is 1. The summed E-state index contributed by atoms with van der Waals surface area (Å²) < 4.78 is 4.61. The summed E-state index contributed by atoms with van der Waals surface area (Å²) in [5.74, 6) is -0.547. The Morgan fingerprint density at radius 1 is 1.38 bits per heavy atom. The fourth-order valence-electron chi connectivity index (χ4n) is 2.03. The van der Waals surface area contributed by atoms with Gasteiger partial charge in [-0.15, -0.1) is 0 Å². The number of allylic oxidation sites excluding steroid dienone is 1. The van der Waals surface area contributed by atoms with Crippen molar-refractivity contribution in [1.82, 2.24) is 0 Å². The molecule has 0 fully saturated rings. The van der Waals surface area contributed by atoms with Gasteiger partial charge in [-0.05, 0) is 29.5 Å². The number of carbonyl (C=O) groups is 1.